The standard InChI is InChI=1S/C3H4F3N.ClH/c1-3(4)2-7(5)6;/h1-2H2;1H. The first kappa shape index (κ1) is 10.7. The molecule has 0 aromatic carbocycles. The normalized spacial score (nSPS) is 8.50. The third-order valence-corrected chi connectivity index (χ3v) is 0.291. The predicted molar refractivity (Wildman–Crippen MR) is 26.4 cm³/mol. The molecule has 0 heterocycles. The Kier molecular flexibility index (Phi) is 6.59. The number of rotatable bonds is 2. The van der Waals surface area contributed by atoms with Crippen LogP contribution in [0, 0.1) is 0 Å². The average Bonchev–Trinajstić information content (AvgIpc) is 1.27. The largest absolute Gasteiger partial charge is 0.211 e. The Morgan fingerprint density at radius 2 is 1.88 bits per heavy atom. The molecule has 0 amide bonds. The Morgan fingerprint density at radius 1 is 1.50 bits per heavy atom. The fourth-order valence-electron chi connectivity index (χ4n) is 0.130. The monoisotopic (exact) mass is 147 g/mol. The van der Waals surface area contributed by atoms with E-state index in [2.05, 4.69) is 6.58 Å². The number of hydrogen-bond donors (Lipinski definition) is 0. The van der Waals surface area contributed by atoms with E-state index >= 15 is 0 Å². The van der Waals surface area contributed by atoms with Gasteiger partial charge in [0.25, 0.3) is 0 Å². The Balaban J connectivity index is 0. The second-order valence-electron chi connectivity index (χ2n) is 0.978. The highest BCUT2D eigenvalue weighted by molar-refractivity contribution is 5.85. The first-order valence-electron chi connectivity index (χ1n) is 1.55. The van der Waals surface area contributed by atoms with Crippen molar-refractivity contribution in [3.63, 3.8) is 0 Å². The summed E-state index contributed by atoms with van der Waals surface area (Å²) < 4.78 is 32.9. The summed E-state index contributed by atoms with van der Waals surface area (Å²) in [4.78, 5) is 0. The molecule has 0 spiro atoms. The van der Waals surface area contributed by atoms with Crippen LogP contribution in [0.5, 0.6) is 0 Å². The van der Waals surface area contributed by atoms with Gasteiger partial charge >= 0.3 is 0 Å². The third-order valence-electron chi connectivity index (χ3n) is 0.291. The molecule has 0 rings (SSSR count). The lowest BCUT2D eigenvalue weighted by molar-refractivity contribution is -0.147. The molecule has 0 saturated carbocycles. The molecule has 0 aliphatic heterocycles. The van der Waals surface area contributed by atoms with Crippen LogP contribution in [0.4, 0.5) is 13.4 Å². The van der Waals surface area contributed by atoms with Crippen LogP contribution in [-0.2, 0) is 0 Å². The van der Waals surface area contributed by atoms with Gasteiger partial charge in [0.15, 0.2) is 0 Å². The molecule has 8 heavy (non-hydrogen) atoms. The molecule has 0 aliphatic rings. The topological polar surface area (TPSA) is 3.24 Å². The molecule has 0 N–H and O–H groups in total. The van der Waals surface area contributed by atoms with E-state index in [1.54, 1.807) is 0 Å². The zero-order valence-corrected chi connectivity index (χ0v) is 4.72. The summed E-state index contributed by atoms with van der Waals surface area (Å²) in [7, 11) is 0. The quantitative estimate of drug-likeness (QED) is 0.540. The van der Waals surface area contributed by atoms with E-state index in [9.17, 15) is 13.4 Å². The van der Waals surface area contributed by atoms with Gasteiger partial charge in [-0.05, 0) is 0 Å². The summed E-state index contributed by atoms with van der Waals surface area (Å²) >= 11 is 0. The van der Waals surface area contributed by atoms with Crippen molar-refractivity contribution in [3.05, 3.63) is 12.4 Å². The summed E-state index contributed by atoms with van der Waals surface area (Å²) in [5.41, 5.74) is 0. The molecular formula is C3H5ClF3N. The molecule has 0 aromatic heterocycles. The highest BCUT2D eigenvalue weighted by Crippen LogP contribution is 1.96. The Labute approximate surface area is 51.1 Å². The van der Waals surface area contributed by atoms with E-state index in [0.29, 0.717) is 0 Å². The molecule has 0 fully saturated rings. The third kappa shape index (κ3) is 9.24. The highest BCUT2D eigenvalue weighted by atomic mass is 35.5. The van der Waals surface area contributed by atoms with Gasteiger partial charge in [-0.1, -0.05) is 6.58 Å². The van der Waals surface area contributed by atoms with Crippen LogP contribution in [-0.4, -0.2) is 11.9 Å². The maximum Gasteiger partial charge on any atom is 0.113 e. The van der Waals surface area contributed by atoms with Crippen LogP contribution in [0.25, 0.3) is 0 Å². The average molecular weight is 148 g/mol. The molecule has 1 nitrogen and oxygen atoms in total. The van der Waals surface area contributed by atoms with Crippen molar-refractivity contribution in [2.24, 2.45) is 0 Å². The van der Waals surface area contributed by atoms with Gasteiger partial charge in [0, 0.05) is 5.34 Å². The summed E-state index contributed by atoms with van der Waals surface area (Å²) in [6, 6.07) is 0. The van der Waals surface area contributed by atoms with Crippen molar-refractivity contribution < 1.29 is 13.4 Å². The molecule has 50 valence electrons. The van der Waals surface area contributed by atoms with Crippen LogP contribution < -0.4 is 0 Å². The van der Waals surface area contributed by atoms with Crippen LogP contribution >= 0.6 is 12.4 Å². The van der Waals surface area contributed by atoms with Gasteiger partial charge < -0.3 is 0 Å². The second-order valence-corrected chi connectivity index (χ2v) is 0.978. The van der Waals surface area contributed by atoms with Crippen LogP contribution in [0.1, 0.15) is 0 Å². The summed E-state index contributed by atoms with van der Waals surface area (Å²) in [5.74, 6) is -1.04. The smallest absolute Gasteiger partial charge is 0.113 e. The van der Waals surface area contributed by atoms with E-state index in [1.165, 1.54) is 0 Å². The molecule has 0 radical (unpaired) electrons. The van der Waals surface area contributed by atoms with E-state index in [1.807, 2.05) is 0 Å². The maximum absolute atomic E-state index is 11.2. The Bertz CT molecular complexity index is 74.9. The maximum atomic E-state index is 11.2. The summed E-state index contributed by atoms with van der Waals surface area (Å²) in [6.07, 6.45) is 0. The zero-order chi connectivity index (χ0) is 5.86. The van der Waals surface area contributed by atoms with Gasteiger partial charge in [0.1, 0.15) is 12.4 Å². The fraction of sp³-hybridized carbons (Fsp3) is 0.333. The first-order valence-corrected chi connectivity index (χ1v) is 1.55. The van der Waals surface area contributed by atoms with Gasteiger partial charge in [-0.3, -0.25) is 0 Å². The predicted octanol–water partition coefficient (Wildman–Crippen LogP) is 1.96. The molecule has 0 saturated heterocycles. The van der Waals surface area contributed by atoms with Gasteiger partial charge in [-0.25, -0.2) is 4.39 Å². The van der Waals surface area contributed by atoms with Crippen molar-refractivity contribution in [2.75, 3.05) is 6.54 Å². The van der Waals surface area contributed by atoms with Gasteiger partial charge in [0.05, 0.1) is 0 Å². The summed E-state index contributed by atoms with van der Waals surface area (Å²) in [6.45, 7) is 1.61. The molecular weight excluding hydrogens is 142 g/mol. The lowest BCUT2D eigenvalue weighted by Gasteiger charge is -1.92. The van der Waals surface area contributed by atoms with Crippen molar-refractivity contribution in [2.45, 2.75) is 0 Å². The molecule has 0 aromatic rings. The molecule has 5 heteroatoms. The van der Waals surface area contributed by atoms with Crippen molar-refractivity contribution in [1.29, 1.82) is 0 Å². The van der Waals surface area contributed by atoms with Gasteiger partial charge in [0.2, 0.25) is 0 Å². The number of halogens is 4. The van der Waals surface area contributed by atoms with E-state index in [-0.39, 0.29) is 12.4 Å². The van der Waals surface area contributed by atoms with Crippen molar-refractivity contribution >= 4 is 12.4 Å². The van der Waals surface area contributed by atoms with Crippen molar-refractivity contribution in [3.8, 4) is 0 Å². The zero-order valence-electron chi connectivity index (χ0n) is 3.90. The van der Waals surface area contributed by atoms with E-state index < -0.39 is 17.7 Å². The summed E-state index contributed by atoms with van der Waals surface area (Å²) in [5, 5.41) is -1.28. The van der Waals surface area contributed by atoms with Crippen LogP contribution in [0.3, 0.4) is 0 Å². The minimum absolute atomic E-state index is 0. The SMILES string of the molecule is C=C(F)CN(F)F.Cl. The second kappa shape index (κ2) is 4.93. The molecule has 0 unspecified atom stereocenters. The van der Waals surface area contributed by atoms with Gasteiger partial charge in [-0.2, -0.15) is 0 Å². The first-order chi connectivity index (χ1) is 3.13. The number of hydrogen-bond acceptors (Lipinski definition) is 1. The van der Waals surface area contributed by atoms with E-state index in [4.69, 9.17) is 0 Å². The minimum atomic E-state index is -1.28. The van der Waals surface area contributed by atoms with E-state index in [0.717, 1.165) is 0 Å². The Hall–Kier alpha value is -0.220. The minimum Gasteiger partial charge on any atom is -0.211 e. The van der Waals surface area contributed by atoms with Crippen LogP contribution in [0.2, 0.25) is 0 Å². The van der Waals surface area contributed by atoms with Gasteiger partial charge in [-0.15, -0.1) is 21.4 Å². The lowest BCUT2D eigenvalue weighted by atomic mass is 10.6. The van der Waals surface area contributed by atoms with Crippen molar-refractivity contribution in [1.82, 2.24) is 5.34 Å². The van der Waals surface area contributed by atoms with Crippen LogP contribution in [0.15, 0.2) is 12.4 Å². The highest BCUT2D eigenvalue weighted by Gasteiger charge is 1.98. The Morgan fingerprint density at radius 3 is 1.88 bits per heavy atom. The molecule has 0 bridgehead atoms. The number of nitrogens with zero attached hydrogens (tertiary/aromatic N) is 1. The fourth-order valence-corrected chi connectivity index (χ4v) is 0.130. The molecule has 0 aliphatic carbocycles. The molecule has 0 atom stereocenters. The lowest BCUT2D eigenvalue weighted by Crippen LogP contribution is -2.01.